The van der Waals surface area contributed by atoms with E-state index in [1.54, 1.807) is 7.11 Å². The lowest BCUT2D eigenvalue weighted by atomic mass is 10.1. The Hall–Kier alpha value is -0.120. The Bertz CT molecular complexity index is 158. The molecule has 0 bridgehead atoms. The van der Waals surface area contributed by atoms with Gasteiger partial charge in [-0.15, -0.1) is 0 Å². The maximum absolute atomic E-state index is 5.04. The van der Waals surface area contributed by atoms with Gasteiger partial charge in [0.1, 0.15) is 0 Å². The maximum atomic E-state index is 5.04. The molecule has 1 N–H and O–H groups in total. The Kier molecular flexibility index (Phi) is 7.81. The van der Waals surface area contributed by atoms with E-state index in [1.807, 2.05) is 0 Å². The Labute approximate surface area is 101 Å². The molecule has 0 aromatic rings. The van der Waals surface area contributed by atoms with Gasteiger partial charge in [0.25, 0.3) is 0 Å². The molecule has 0 heterocycles. The van der Waals surface area contributed by atoms with Crippen molar-refractivity contribution in [2.45, 2.75) is 32.1 Å². The molecule has 3 heteroatoms. The first-order valence-electron chi connectivity index (χ1n) is 6.71. The molecule has 0 radical (unpaired) electrons. The van der Waals surface area contributed by atoms with Crippen molar-refractivity contribution in [1.29, 1.82) is 0 Å². The lowest BCUT2D eigenvalue weighted by Gasteiger charge is -2.17. The quantitative estimate of drug-likeness (QED) is 0.608. The summed E-state index contributed by atoms with van der Waals surface area (Å²) in [5.74, 6) is 0.957. The molecule has 0 aliphatic heterocycles. The van der Waals surface area contributed by atoms with Crippen molar-refractivity contribution < 1.29 is 4.74 Å². The summed E-state index contributed by atoms with van der Waals surface area (Å²) in [5, 5.41) is 3.58. The van der Waals surface area contributed by atoms with Crippen LogP contribution in [-0.4, -0.2) is 51.8 Å². The molecule has 0 atom stereocenters. The first kappa shape index (κ1) is 13.9. The molecule has 1 aliphatic rings. The van der Waals surface area contributed by atoms with Crippen LogP contribution in [0.2, 0.25) is 0 Å². The highest BCUT2D eigenvalue weighted by Gasteiger charge is 2.13. The van der Waals surface area contributed by atoms with E-state index < -0.39 is 0 Å². The van der Waals surface area contributed by atoms with Gasteiger partial charge in [-0.05, 0) is 38.8 Å². The normalized spacial score (nSPS) is 17.4. The summed E-state index contributed by atoms with van der Waals surface area (Å²) in [7, 11) is 3.95. The minimum atomic E-state index is 0.875. The van der Waals surface area contributed by atoms with Crippen LogP contribution in [0.4, 0.5) is 0 Å². The molecule has 0 amide bonds. The molecule has 1 aliphatic carbocycles. The zero-order valence-electron chi connectivity index (χ0n) is 11.0. The third kappa shape index (κ3) is 6.46. The monoisotopic (exact) mass is 228 g/mol. The van der Waals surface area contributed by atoms with E-state index in [0.717, 1.165) is 38.6 Å². The first-order chi connectivity index (χ1) is 7.83. The highest BCUT2D eigenvalue weighted by atomic mass is 16.5. The summed E-state index contributed by atoms with van der Waals surface area (Å²) in [6.45, 7) is 5.51. The number of nitrogens with zero attached hydrogens (tertiary/aromatic N) is 1. The summed E-state index contributed by atoms with van der Waals surface area (Å²) < 4.78 is 5.04. The summed E-state index contributed by atoms with van der Waals surface area (Å²) in [6, 6.07) is 0. The SMILES string of the molecule is COCCCN(C)CCNCC1CCCC1. The third-order valence-corrected chi connectivity index (χ3v) is 3.47. The third-order valence-electron chi connectivity index (χ3n) is 3.47. The number of rotatable bonds is 9. The van der Waals surface area contributed by atoms with Crippen LogP contribution >= 0.6 is 0 Å². The van der Waals surface area contributed by atoms with Crippen molar-refractivity contribution in [3.05, 3.63) is 0 Å². The van der Waals surface area contributed by atoms with Gasteiger partial charge in [-0.1, -0.05) is 12.8 Å². The molecule has 16 heavy (non-hydrogen) atoms. The zero-order valence-corrected chi connectivity index (χ0v) is 11.0. The summed E-state index contributed by atoms with van der Waals surface area (Å²) >= 11 is 0. The highest BCUT2D eigenvalue weighted by molar-refractivity contribution is 4.69. The van der Waals surface area contributed by atoms with Crippen LogP contribution in [0.5, 0.6) is 0 Å². The number of hydrogen-bond donors (Lipinski definition) is 1. The second-order valence-corrected chi connectivity index (χ2v) is 5.00. The number of ether oxygens (including phenoxy) is 1. The van der Waals surface area contributed by atoms with E-state index >= 15 is 0 Å². The van der Waals surface area contributed by atoms with E-state index in [9.17, 15) is 0 Å². The summed E-state index contributed by atoms with van der Waals surface area (Å²) in [6.07, 6.45) is 6.91. The molecule has 0 unspecified atom stereocenters. The molecule has 1 saturated carbocycles. The molecule has 0 spiro atoms. The van der Waals surface area contributed by atoms with E-state index in [4.69, 9.17) is 4.74 Å². The molecule has 1 rings (SSSR count). The number of methoxy groups -OCH3 is 1. The Morgan fingerprint density at radius 2 is 2.00 bits per heavy atom. The van der Waals surface area contributed by atoms with Crippen molar-refractivity contribution in [1.82, 2.24) is 10.2 Å². The molecule has 96 valence electrons. The molecular formula is C13H28N2O. The van der Waals surface area contributed by atoms with Crippen LogP contribution in [-0.2, 0) is 4.74 Å². The average molecular weight is 228 g/mol. The van der Waals surface area contributed by atoms with Crippen LogP contribution in [0.25, 0.3) is 0 Å². The van der Waals surface area contributed by atoms with Gasteiger partial charge in [-0.3, -0.25) is 0 Å². The average Bonchev–Trinajstić information content (AvgIpc) is 2.78. The standard InChI is InChI=1S/C13H28N2O/c1-15(9-5-11-16-2)10-8-14-12-13-6-3-4-7-13/h13-14H,3-12H2,1-2H3. The second-order valence-electron chi connectivity index (χ2n) is 5.00. The fourth-order valence-electron chi connectivity index (χ4n) is 2.38. The van der Waals surface area contributed by atoms with Crippen molar-refractivity contribution in [2.24, 2.45) is 5.92 Å². The van der Waals surface area contributed by atoms with Gasteiger partial charge >= 0.3 is 0 Å². The largest absolute Gasteiger partial charge is 0.385 e. The van der Waals surface area contributed by atoms with Crippen molar-refractivity contribution in [2.75, 3.05) is 46.9 Å². The minimum Gasteiger partial charge on any atom is -0.385 e. The highest BCUT2D eigenvalue weighted by Crippen LogP contribution is 2.23. The van der Waals surface area contributed by atoms with Gasteiger partial charge in [0.2, 0.25) is 0 Å². The maximum Gasteiger partial charge on any atom is 0.0474 e. The molecule has 0 saturated heterocycles. The summed E-state index contributed by atoms with van der Waals surface area (Å²) in [5.41, 5.74) is 0. The second kappa shape index (κ2) is 8.97. The lowest BCUT2D eigenvalue weighted by molar-refractivity contribution is 0.179. The molecule has 1 fully saturated rings. The number of nitrogens with one attached hydrogen (secondary N) is 1. The molecule has 0 aromatic heterocycles. The van der Waals surface area contributed by atoms with Gasteiger partial charge in [0.15, 0.2) is 0 Å². The molecule has 3 nitrogen and oxygen atoms in total. The Morgan fingerprint density at radius 3 is 2.69 bits per heavy atom. The topological polar surface area (TPSA) is 24.5 Å². The first-order valence-corrected chi connectivity index (χ1v) is 6.71. The van der Waals surface area contributed by atoms with E-state index in [1.165, 1.54) is 32.2 Å². The van der Waals surface area contributed by atoms with E-state index in [0.29, 0.717) is 0 Å². The van der Waals surface area contributed by atoms with Crippen LogP contribution in [0, 0.1) is 5.92 Å². The van der Waals surface area contributed by atoms with Gasteiger partial charge < -0.3 is 15.0 Å². The Morgan fingerprint density at radius 1 is 1.25 bits per heavy atom. The van der Waals surface area contributed by atoms with Gasteiger partial charge in [0.05, 0.1) is 0 Å². The van der Waals surface area contributed by atoms with Crippen LogP contribution in [0.15, 0.2) is 0 Å². The zero-order chi connectivity index (χ0) is 11.6. The van der Waals surface area contributed by atoms with Crippen LogP contribution < -0.4 is 5.32 Å². The summed E-state index contributed by atoms with van der Waals surface area (Å²) in [4.78, 5) is 2.38. The van der Waals surface area contributed by atoms with Crippen molar-refractivity contribution >= 4 is 0 Å². The Balaban J connectivity index is 1.85. The fourth-order valence-corrected chi connectivity index (χ4v) is 2.38. The van der Waals surface area contributed by atoms with E-state index in [2.05, 4.69) is 17.3 Å². The molecular weight excluding hydrogens is 200 g/mol. The fraction of sp³-hybridized carbons (Fsp3) is 1.00. The predicted molar refractivity (Wildman–Crippen MR) is 68.8 cm³/mol. The van der Waals surface area contributed by atoms with Crippen molar-refractivity contribution in [3.63, 3.8) is 0 Å². The number of likely N-dealkylation sites (N-methyl/N-ethyl adjacent to an activating group) is 1. The van der Waals surface area contributed by atoms with E-state index in [-0.39, 0.29) is 0 Å². The predicted octanol–water partition coefficient (Wildman–Crippen LogP) is 1.73. The molecule has 0 aromatic carbocycles. The lowest BCUT2D eigenvalue weighted by Crippen LogP contribution is -2.32. The van der Waals surface area contributed by atoms with Gasteiger partial charge in [-0.25, -0.2) is 0 Å². The van der Waals surface area contributed by atoms with Crippen LogP contribution in [0.1, 0.15) is 32.1 Å². The van der Waals surface area contributed by atoms with Gasteiger partial charge in [0, 0.05) is 33.4 Å². The smallest absolute Gasteiger partial charge is 0.0474 e. The van der Waals surface area contributed by atoms with Crippen LogP contribution in [0.3, 0.4) is 0 Å². The minimum absolute atomic E-state index is 0.875. The van der Waals surface area contributed by atoms with Gasteiger partial charge in [-0.2, -0.15) is 0 Å². The van der Waals surface area contributed by atoms with Crippen molar-refractivity contribution in [3.8, 4) is 0 Å². The number of hydrogen-bond acceptors (Lipinski definition) is 3.